The molecule has 1 fully saturated rings. The average Bonchev–Trinajstić information content (AvgIpc) is 3.15. The van der Waals surface area contributed by atoms with Crippen LogP contribution in [0.15, 0.2) is 6.33 Å². The maximum atomic E-state index is 13.7. The monoisotopic (exact) mass is 410 g/mol. The van der Waals surface area contributed by atoms with Crippen molar-refractivity contribution in [2.24, 2.45) is 0 Å². The number of aromatic nitrogens is 4. The number of carbonyl (C=O) groups excluding carboxylic acids is 3. The number of hydrogen-bond acceptors (Lipinski definition) is 10. The van der Waals surface area contributed by atoms with Crippen molar-refractivity contribution in [3.63, 3.8) is 0 Å². The van der Waals surface area contributed by atoms with Gasteiger partial charge in [0.15, 0.2) is 35.4 Å². The molecule has 13 heteroatoms. The van der Waals surface area contributed by atoms with Gasteiger partial charge in [-0.3, -0.25) is 19.0 Å². The fraction of sp³-hybridized carbons (Fsp3) is 0.500. The SMILES string of the molecule is CC(=O)NC[C@H]1O[C@@H](n2cnc3c(N)nc(F)nc32)[C@H](OC(C)=O)[C@@H]1OC(C)=O. The Morgan fingerprint density at radius 2 is 1.86 bits per heavy atom. The number of esters is 2. The fourth-order valence-corrected chi connectivity index (χ4v) is 3.09. The van der Waals surface area contributed by atoms with Gasteiger partial charge in [0.1, 0.15) is 6.10 Å². The van der Waals surface area contributed by atoms with Gasteiger partial charge in [-0.05, 0) is 0 Å². The van der Waals surface area contributed by atoms with E-state index in [4.69, 9.17) is 19.9 Å². The van der Waals surface area contributed by atoms with E-state index in [0.29, 0.717) is 0 Å². The minimum atomic E-state index is -1.12. The molecule has 0 radical (unpaired) electrons. The van der Waals surface area contributed by atoms with E-state index >= 15 is 0 Å². The first-order valence-electron chi connectivity index (χ1n) is 8.57. The lowest BCUT2D eigenvalue weighted by Crippen LogP contribution is -2.43. The van der Waals surface area contributed by atoms with Crippen molar-refractivity contribution >= 4 is 34.8 Å². The fourth-order valence-electron chi connectivity index (χ4n) is 3.09. The second kappa shape index (κ2) is 7.95. The molecule has 12 nitrogen and oxygen atoms in total. The molecule has 0 spiro atoms. The van der Waals surface area contributed by atoms with Crippen molar-refractivity contribution in [3.05, 3.63) is 12.4 Å². The first-order chi connectivity index (χ1) is 13.7. The van der Waals surface area contributed by atoms with Gasteiger partial charge in [0, 0.05) is 27.3 Å². The van der Waals surface area contributed by atoms with Gasteiger partial charge in [0.05, 0.1) is 6.33 Å². The molecule has 0 saturated carbocycles. The Bertz CT molecular complexity index is 965. The molecule has 1 aliphatic rings. The number of rotatable bonds is 5. The number of imidazole rings is 1. The van der Waals surface area contributed by atoms with Gasteiger partial charge in [-0.1, -0.05) is 0 Å². The molecule has 29 heavy (non-hydrogen) atoms. The van der Waals surface area contributed by atoms with Crippen LogP contribution in [0.25, 0.3) is 11.2 Å². The van der Waals surface area contributed by atoms with Crippen molar-refractivity contribution in [3.8, 4) is 0 Å². The number of nitrogen functional groups attached to an aromatic ring is 1. The van der Waals surface area contributed by atoms with Crippen LogP contribution in [-0.2, 0) is 28.6 Å². The summed E-state index contributed by atoms with van der Waals surface area (Å²) < 4.78 is 31.5. The first-order valence-corrected chi connectivity index (χ1v) is 8.57. The number of fused-ring (bicyclic) bond motifs is 1. The largest absolute Gasteiger partial charge is 0.456 e. The summed E-state index contributed by atoms with van der Waals surface area (Å²) in [5, 5.41) is 2.56. The zero-order valence-corrected chi connectivity index (χ0v) is 15.8. The molecule has 0 unspecified atom stereocenters. The van der Waals surface area contributed by atoms with Gasteiger partial charge in [0.25, 0.3) is 0 Å². The van der Waals surface area contributed by atoms with Crippen molar-refractivity contribution in [1.82, 2.24) is 24.8 Å². The van der Waals surface area contributed by atoms with Crippen molar-refractivity contribution in [2.45, 2.75) is 45.3 Å². The van der Waals surface area contributed by atoms with Gasteiger partial charge >= 0.3 is 18.0 Å². The van der Waals surface area contributed by atoms with Gasteiger partial charge < -0.3 is 25.3 Å². The highest BCUT2D eigenvalue weighted by Crippen LogP contribution is 2.35. The highest BCUT2D eigenvalue weighted by atomic mass is 19.1. The predicted molar refractivity (Wildman–Crippen MR) is 93.4 cm³/mol. The van der Waals surface area contributed by atoms with Crippen LogP contribution in [0.1, 0.15) is 27.0 Å². The lowest BCUT2D eigenvalue weighted by atomic mass is 10.1. The number of nitrogens with zero attached hydrogens (tertiary/aromatic N) is 4. The molecule has 0 bridgehead atoms. The Morgan fingerprint density at radius 3 is 2.48 bits per heavy atom. The summed E-state index contributed by atoms with van der Waals surface area (Å²) in [6, 6.07) is 0. The van der Waals surface area contributed by atoms with Crippen LogP contribution < -0.4 is 11.1 Å². The first kappa shape index (κ1) is 20.4. The highest BCUT2D eigenvalue weighted by Gasteiger charge is 2.50. The summed E-state index contributed by atoms with van der Waals surface area (Å²) in [4.78, 5) is 45.7. The molecule has 2 aromatic rings. The molecule has 3 rings (SSSR count). The Balaban J connectivity index is 2.04. The van der Waals surface area contributed by atoms with Crippen LogP contribution in [0.5, 0.6) is 0 Å². The minimum Gasteiger partial charge on any atom is -0.456 e. The van der Waals surface area contributed by atoms with Crippen LogP contribution in [0.3, 0.4) is 0 Å². The van der Waals surface area contributed by atoms with Crippen LogP contribution >= 0.6 is 0 Å². The summed E-state index contributed by atoms with van der Waals surface area (Å²) in [7, 11) is 0. The molecular formula is C16H19FN6O6. The third kappa shape index (κ3) is 4.23. The van der Waals surface area contributed by atoms with Crippen LogP contribution in [-0.4, -0.2) is 62.2 Å². The smallest absolute Gasteiger partial charge is 0.312 e. The Labute approximate surface area is 163 Å². The standard InChI is InChI=1S/C16H19FN6O6/c1-6(24)19-4-9-11(27-7(2)25)12(28-8(3)26)15(29-9)23-5-20-10-13(18)21-16(17)22-14(10)23/h5,9,11-12,15H,4H2,1-3H3,(H,19,24)(H2,18,21,22)/t9-,11-,12-,15-/m1/s1. The molecule has 1 saturated heterocycles. The quantitative estimate of drug-likeness (QED) is 0.483. The maximum absolute atomic E-state index is 13.7. The molecule has 3 heterocycles. The van der Waals surface area contributed by atoms with Crippen molar-refractivity contribution in [2.75, 3.05) is 12.3 Å². The van der Waals surface area contributed by atoms with Crippen molar-refractivity contribution in [1.29, 1.82) is 0 Å². The molecule has 1 amide bonds. The third-order valence-electron chi connectivity index (χ3n) is 4.14. The molecule has 4 atom stereocenters. The number of carbonyl (C=O) groups is 3. The normalized spacial score (nSPS) is 23.7. The van der Waals surface area contributed by atoms with Crippen LogP contribution in [0, 0.1) is 6.08 Å². The minimum absolute atomic E-state index is 0.00101. The van der Waals surface area contributed by atoms with E-state index in [0.717, 1.165) is 0 Å². The second-order valence-corrected chi connectivity index (χ2v) is 6.35. The van der Waals surface area contributed by atoms with Gasteiger partial charge in [-0.15, -0.1) is 0 Å². The number of amides is 1. The van der Waals surface area contributed by atoms with E-state index in [9.17, 15) is 18.8 Å². The van der Waals surface area contributed by atoms with E-state index in [1.165, 1.54) is 31.7 Å². The zero-order chi connectivity index (χ0) is 21.3. The molecule has 3 N–H and O–H groups in total. The predicted octanol–water partition coefficient (Wildman–Crippen LogP) is -0.555. The second-order valence-electron chi connectivity index (χ2n) is 6.35. The van der Waals surface area contributed by atoms with Gasteiger partial charge in [-0.25, -0.2) is 4.98 Å². The van der Waals surface area contributed by atoms with Crippen LogP contribution in [0.2, 0.25) is 0 Å². The topological polar surface area (TPSA) is 161 Å². The lowest BCUT2D eigenvalue weighted by Gasteiger charge is -2.23. The lowest BCUT2D eigenvalue weighted by molar-refractivity contribution is -0.165. The zero-order valence-electron chi connectivity index (χ0n) is 15.8. The van der Waals surface area contributed by atoms with E-state index in [2.05, 4.69) is 20.3 Å². The number of ether oxygens (including phenoxy) is 3. The number of halogens is 1. The summed E-state index contributed by atoms with van der Waals surface area (Å²) in [5.41, 5.74) is 5.79. The molecular weight excluding hydrogens is 391 g/mol. The summed E-state index contributed by atoms with van der Waals surface area (Å²) in [6.07, 6.45) is -3.92. The van der Waals surface area contributed by atoms with Gasteiger partial charge in [0.2, 0.25) is 5.91 Å². The Kier molecular flexibility index (Phi) is 5.59. The Hall–Kier alpha value is -3.35. The molecule has 0 aromatic carbocycles. The number of nitrogens with one attached hydrogen (secondary N) is 1. The van der Waals surface area contributed by atoms with Crippen molar-refractivity contribution < 1.29 is 33.0 Å². The van der Waals surface area contributed by atoms with Crippen LogP contribution in [0.4, 0.5) is 10.2 Å². The van der Waals surface area contributed by atoms with E-state index in [1.54, 1.807) is 0 Å². The maximum Gasteiger partial charge on any atom is 0.312 e. The summed E-state index contributed by atoms with van der Waals surface area (Å²) >= 11 is 0. The summed E-state index contributed by atoms with van der Waals surface area (Å²) in [6.45, 7) is 3.64. The third-order valence-corrected chi connectivity index (χ3v) is 4.14. The van der Waals surface area contributed by atoms with E-state index in [-0.39, 0.29) is 29.4 Å². The average molecular weight is 410 g/mol. The van der Waals surface area contributed by atoms with E-state index < -0.39 is 42.6 Å². The van der Waals surface area contributed by atoms with Gasteiger partial charge in [-0.2, -0.15) is 14.4 Å². The number of anilines is 1. The number of nitrogens with two attached hydrogens (primary N) is 1. The summed E-state index contributed by atoms with van der Waals surface area (Å²) in [5.74, 6) is -1.82. The molecule has 1 aliphatic heterocycles. The van der Waals surface area contributed by atoms with E-state index in [1.807, 2.05) is 0 Å². The highest BCUT2D eigenvalue weighted by molar-refractivity contribution is 5.81. The number of hydrogen-bond donors (Lipinski definition) is 2. The molecule has 0 aliphatic carbocycles. The molecule has 2 aromatic heterocycles. The molecule has 156 valence electrons. The Morgan fingerprint density at radius 1 is 1.21 bits per heavy atom.